The van der Waals surface area contributed by atoms with Crippen molar-refractivity contribution in [2.24, 2.45) is 0 Å². The molecule has 2 heteroatoms. The highest BCUT2D eigenvalue weighted by molar-refractivity contribution is 5.82. The van der Waals surface area contributed by atoms with Crippen molar-refractivity contribution < 1.29 is 9.53 Å². The molecule has 0 saturated heterocycles. The summed E-state index contributed by atoms with van der Waals surface area (Å²) in [5.74, 6) is 4.92. The third-order valence-corrected chi connectivity index (χ3v) is 0.854. The molecule has 0 bridgehead atoms. The van der Waals surface area contributed by atoms with Gasteiger partial charge in [-0.25, -0.2) is 4.79 Å². The van der Waals surface area contributed by atoms with Crippen molar-refractivity contribution in [2.75, 3.05) is 0 Å². The number of hydrogen-bond donors (Lipinski definition) is 0. The molecule has 0 saturated carbocycles. The highest BCUT2D eigenvalue weighted by atomic mass is 16.6. The first-order valence-corrected chi connectivity index (χ1v) is 3.77. The van der Waals surface area contributed by atoms with Crippen LogP contribution in [-0.2, 0) is 9.53 Å². The Morgan fingerprint density at radius 2 is 2.00 bits per heavy atom. The van der Waals surface area contributed by atoms with E-state index >= 15 is 0 Å². The monoisotopic (exact) mass is 166 g/mol. The lowest BCUT2D eigenvalue weighted by molar-refractivity contribution is -0.148. The quantitative estimate of drug-likeness (QED) is 0.338. The standard InChI is InChI=1S/C10H14O2/c1-5-6-7-8-9(11)12-10(2,3)4/h7-8H,1-4H3/b8-7+. The van der Waals surface area contributed by atoms with Gasteiger partial charge in [0.2, 0.25) is 0 Å². The van der Waals surface area contributed by atoms with E-state index in [1.807, 2.05) is 20.8 Å². The maximum Gasteiger partial charge on any atom is 0.331 e. The predicted molar refractivity (Wildman–Crippen MR) is 48.4 cm³/mol. The first-order valence-electron chi connectivity index (χ1n) is 3.77. The summed E-state index contributed by atoms with van der Waals surface area (Å²) >= 11 is 0. The molecule has 0 atom stereocenters. The zero-order valence-corrected chi connectivity index (χ0v) is 7.97. The molecule has 0 spiro atoms. The molecule has 0 aliphatic rings. The number of ether oxygens (including phenoxy) is 1. The lowest BCUT2D eigenvalue weighted by atomic mass is 10.2. The van der Waals surface area contributed by atoms with Crippen LogP contribution in [0.4, 0.5) is 0 Å². The smallest absolute Gasteiger partial charge is 0.331 e. The molecule has 0 unspecified atom stereocenters. The summed E-state index contributed by atoms with van der Waals surface area (Å²) < 4.78 is 4.99. The number of hydrogen-bond acceptors (Lipinski definition) is 2. The Morgan fingerprint density at radius 1 is 1.42 bits per heavy atom. The fourth-order valence-corrected chi connectivity index (χ4v) is 0.529. The number of esters is 1. The van der Waals surface area contributed by atoms with Gasteiger partial charge in [-0.1, -0.05) is 5.92 Å². The largest absolute Gasteiger partial charge is 0.457 e. The molecule has 0 aromatic rings. The van der Waals surface area contributed by atoms with Crippen LogP contribution in [-0.4, -0.2) is 11.6 Å². The van der Waals surface area contributed by atoms with Crippen LogP contribution >= 0.6 is 0 Å². The van der Waals surface area contributed by atoms with Crippen LogP contribution in [0.5, 0.6) is 0 Å². The Hall–Kier alpha value is -1.23. The highest BCUT2D eigenvalue weighted by Gasteiger charge is 2.13. The van der Waals surface area contributed by atoms with Gasteiger partial charge in [-0.2, -0.15) is 0 Å². The van der Waals surface area contributed by atoms with Crippen molar-refractivity contribution >= 4 is 5.97 Å². The summed E-state index contributed by atoms with van der Waals surface area (Å²) in [6.45, 7) is 7.18. The summed E-state index contributed by atoms with van der Waals surface area (Å²) in [6.07, 6.45) is 2.80. The first-order chi connectivity index (χ1) is 5.45. The molecular formula is C10H14O2. The fourth-order valence-electron chi connectivity index (χ4n) is 0.529. The summed E-state index contributed by atoms with van der Waals surface area (Å²) in [6, 6.07) is 0. The SMILES string of the molecule is CC#C/C=C/C(=O)OC(C)(C)C. The minimum absolute atomic E-state index is 0.356. The molecule has 0 heterocycles. The molecule has 0 radical (unpaired) electrons. The number of carbonyl (C=O) groups is 1. The van der Waals surface area contributed by atoms with E-state index in [0.717, 1.165) is 0 Å². The molecule has 0 N–H and O–H groups in total. The predicted octanol–water partition coefficient (Wildman–Crippen LogP) is 1.91. The van der Waals surface area contributed by atoms with Gasteiger partial charge in [0.25, 0.3) is 0 Å². The lowest BCUT2D eigenvalue weighted by Gasteiger charge is -2.17. The van der Waals surface area contributed by atoms with Crippen LogP contribution in [0, 0.1) is 11.8 Å². The highest BCUT2D eigenvalue weighted by Crippen LogP contribution is 2.06. The normalized spacial score (nSPS) is 10.7. The first kappa shape index (κ1) is 10.8. The fraction of sp³-hybridized carbons (Fsp3) is 0.500. The second-order valence-corrected chi connectivity index (χ2v) is 3.26. The number of allylic oxidation sites excluding steroid dienone is 1. The average molecular weight is 166 g/mol. The minimum atomic E-state index is -0.429. The maximum atomic E-state index is 11.0. The van der Waals surface area contributed by atoms with Gasteiger partial charge in [-0.3, -0.25) is 0 Å². The van der Waals surface area contributed by atoms with Gasteiger partial charge < -0.3 is 4.74 Å². The van der Waals surface area contributed by atoms with Gasteiger partial charge in [0.1, 0.15) is 5.60 Å². The van der Waals surface area contributed by atoms with Gasteiger partial charge in [0.05, 0.1) is 0 Å². The van der Waals surface area contributed by atoms with E-state index in [4.69, 9.17) is 4.74 Å². The molecular weight excluding hydrogens is 152 g/mol. The zero-order valence-electron chi connectivity index (χ0n) is 7.97. The molecule has 12 heavy (non-hydrogen) atoms. The van der Waals surface area contributed by atoms with Crippen LogP contribution in [0.2, 0.25) is 0 Å². The second-order valence-electron chi connectivity index (χ2n) is 3.26. The van der Waals surface area contributed by atoms with Crippen molar-refractivity contribution in [3.63, 3.8) is 0 Å². The topological polar surface area (TPSA) is 26.3 Å². The summed E-state index contributed by atoms with van der Waals surface area (Å²) in [5, 5.41) is 0. The van der Waals surface area contributed by atoms with Crippen LogP contribution in [0.15, 0.2) is 12.2 Å². The average Bonchev–Trinajstić information content (AvgIpc) is 1.84. The van der Waals surface area contributed by atoms with E-state index in [1.165, 1.54) is 12.2 Å². The molecule has 2 nitrogen and oxygen atoms in total. The minimum Gasteiger partial charge on any atom is -0.457 e. The van der Waals surface area contributed by atoms with Crippen LogP contribution in [0.3, 0.4) is 0 Å². The van der Waals surface area contributed by atoms with Gasteiger partial charge >= 0.3 is 5.97 Å². The van der Waals surface area contributed by atoms with Gasteiger partial charge in [0, 0.05) is 6.08 Å². The molecule has 0 rings (SSSR count). The van der Waals surface area contributed by atoms with E-state index in [1.54, 1.807) is 6.92 Å². The van der Waals surface area contributed by atoms with Gasteiger partial charge in [-0.15, -0.1) is 5.92 Å². The number of carbonyl (C=O) groups excluding carboxylic acids is 1. The summed E-state index contributed by atoms with van der Waals surface area (Å²) in [5.41, 5.74) is -0.429. The molecule has 0 amide bonds. The van der Waals surface area contributed by atoms with Crippen LogP contribution in [0.1, 0.15) is 27.7 Å². The Kier molecular flexibility index (Phi) is 4.14. The third-order valence-electron chi connectivity index (χ3n) is 0.854. The van der Waals surface area contributed by atoms with Crippen molar-refractivity contribution in [3.8, 4) is 11.8 Å². The van der Waals surface area contributed by atoms with Crippen LogP contribution in [0.25, 0.3) is 0 Å². The van der Waals surface area contributed by atoms with Crippen molar-refractivity contribution in [2.45, 2.75) is 33.3 Å². The molecule has 0 aromatic heterocycles. The van der Waals surface area contributed by atoms with Gasteiger partial charge in [-0.05, 0) is 33.8 Å². The zero-order chi connectivity index (χ0) is 9.61. The van der Waals surface area contributed by atoms with E-state index in [-0.39, 0.29) is 5.97 Å². The molecule has 0 aliphatic carbocycles. The summed E-state index contributed by atoms with van der Waals surface area (Å²) in [4.78, 5) is 11.0. The molecule has 0 aromatic carbocycles. The van der Waals surface area contributed by atoms with E-state index in [9.17, 15) is 4.79 Å². The molecule has 66 valence electrons. The molecule has 0 fully saturated rings. The van der Waals surface area contributed by atoms with E-state index < -0.39 is 5.60 Å². The third kappa shape index (κ3) is 6.88. The second kappa shape index (κ2) is 4.61. The Morgan fingerprint density at radius 3 is 2.42 bits per heavy atom. The lowest BCUT2D eigenvalue weighted by Crippen LogP contribution is -2.22. The molecule has 0 aliphatic heterocycles. The Bertz CT molecular complexity index is 233. The number of rotatable bonds is 1. The van der Waals surface area contributed by atoms with E-state index in [2.05, 4.69) is 11.8 Å². The summed E-state index contributed by atoms with van der Waals surface area (Å²) in [7, 11) is 0. The van der Waals surface area contributed by atoms with Gasteiger partial charge in [0.15, 0.2) is 0 Å². The van der Waals surface area contributed by atoms with Crippen molar-refractivity contribution in [1.29, 1.82) is 0 Å². The van der Waals surface area contributed by atoms with E-state index in [0.29, 0.717) is 0 Å². The Balaban J connectivity index is 3.96. The maximum absolute atomic E-state index is 11.0. The van der Waals surface area contributed by atoms with Crippen molar-refractivity contribution in [3.05, 3.63) is 12.2 Å². The Labute approximate surface area is 73.6 Å². The van der Waals surface area contributed by atoms with Crippen molar-refractivity contribution in [1.82, 2.24) is 0 Å². The van der Waals surface area contributed by atoms with Crippen LogP contribution < -0.4 is 0 Å².